The van der Waals surface area contributed by atoms with E-state index >= 15 is 0 Å². The molecule has 0 bridgehead atoms. The van der Waals surface area contributed by atoms with Crippen molar-refractivity contribution in [3.8, 4) is 0 Å². The second kappa shape index (κ2) is 7.85. The van der Waals surface area contributed by atoms with Gasteiger partial charge in [0.25, 0.3) is 0 Å². The highest BCUT2D eigenvalue weighted by Crippen LogP contribution is 2.11. The molecule has 0 radical (unpaired) electrons. The highest BCUT2D eigenvalue weighted by molar-refractivity contribution is 5.66. The van der Waals surface area contributed by atoms with E-state index in [0.29, 0.717) is 6.54 Å². The summed E-state index contributed by atoms with van der Waals surface area (Å²) in [4.78, 5) is 10.3. The fourth-order valence-corrected chi connectivity index (χ4v) is 1.86. The van der Waals surface area contributed by atoms with Crippen LogP contribution in [0.4, 0.5) is 0 Å². The average molecular weight is 235 g/mol. The standard InChI is InChI=1S/C14H21NO2/c1-2-5-12-6-3-4-7-13(12)8-10-15-11-9-14(16)17/h3-4,6-7,15H,2,5,8-11H2,1H3,(H,16,17). The molecule has 1 rings (SSSR count). The van der Waals surface area contributed by atoms with Crippen molar-refractivity contribution in [2.75, 3.05) is 13.1 Å². The minimum absolute atomic E-state index is 0.191. The van der Waals surface area contributed by atoms with E-state index in [-0.39, 0.29) is 6.42 Å². The van der Waals surface area contributed by atoms with E-state index in [1.165, 1.54) is 11.1 Å². The third-order valence-corrected chi connectivity index (χ3v) is 2.72. The molecule has 0 unspecified atom stereocenters. The Morgan fingerprint density at radius 1 is 1.18 bits per heavy atom. The Hall–Kier alpha value is -1.35. The summed E-state index contributed by atoms with van der Waals surface area (Å²) in [5.41, 5.74) is 2.78. The second-order valence-electron chi connectivity index (χ2n) is 4.16. The number of hydrogen-bond donors (Lipinski definition) is 2. The summed E-state index contributed by atoms with van der Waals surface area (Å²) in [5, 5.41) is 11.7. The summed E-state index contributed by atoms with van der Waals surface area (Å²) in [6.07, 6.45) is 3.43. The van der Waals surface area contributed by atoms with Gasteiger partial charge >= 0.3 is 5.97 Å². The van der Waals surface area contributed by atoms with Crippen LogP contribution < -0.4 is 5.32 Å². The lowest BCUT2D eigenvalue weighted by atomic mass is 10.0. The van der Waals surface area contributed by atoms with Crippen molar-refractivity contribution >= 4 is 5.97 Å². The molecule has 3 nitrogen and oxygen atoms in total. The third-order valence-electron chi connectivity index (χ3n) is 2.72. The summed E-state index contributed by atoms with van der Waals surface area (Å²) in [6, 6.07) is 8.47. The van der Waals surface area contributed by atoms with Crippen molar-refractivity contribution in [1.29, 1.82) is 0 Å². The van der Waals surface area contributed by atoms with Crippen LogP contribution in [0.1, 0.15) is 30.9 Å². The normalized spacial score (nSPS) is 10.4. The molecule has 0 fully saturated rings. The fraction of sp³-hybridized carbons (Fsp3) is 0.500. The van der Waals surface area contributed by atoms with Gasteiger partial charge in [0.15, 0.2) is 0 Å². The fourth-order valence-electron chi connectivity index (χ4n) is 1.86. The van der Waals surface area contributed by atoms with E-state index in [1.54, 1.807) is 0 Å². The van der Waals surface area contributed by atoms with Gasteiger partial charge in [-0.05, 0) is 30.5 Å². The van der Waals surface area contributed by atoms with Gasteiger partial charge in [-0.2, -0.15) is 0 Å². The van der Waals surface area contributed by atoms with Crippen LogP contribution in [0.2, 0.25) is 0 Å². The number of nitrogens with one attached hydrogen (secondary N) is 1. The Bertz CT molecular complexity index is 350. The monoisotopic (exact) mass is 235 g/mol. The van der Waals surface area contributed by atoms with E-state index < -0.39 is 5.97 Å². The molecule has 3 heteroatoms. The molecule has 0 saturated heterocycles. The molecule has 94 valence electrons. The third kappa shape index (κ3) is 5.50. The highest BCUT2D eigenvalue weighted by Gasteiger charge is 2.01. The first-order valence-electron chi connectivity index (χ1n) is 6.23. The summed E-state index contributed by atoms with van der Waals surface area (Å²) in [6.45, 7) is 3.57. The summed E-state index contributed by atoms with van der Waals surface area (Å²) in [5.74, 6) is -0.746. The number of carbonyl (C=O) groups is 1. The van der Waals surface area contributed by atoms with Crippen molar-refractivity contribution in [2.24, 2.45) is 0 Å². The van der Waals surface area contributed by atoms with E-state index in [1.807, 2.05) is 0 Å². The lowest BCUT2D eigenvalue weighted by Gasteiger charge is -2.09. The van der Waals surface area contributed by atoms with E-state index in [0.717, 1.165) is 25.8 Å². The number of aliphatic carboxylic acids is 1. The largest absolute Gasteiger partial charge is 0.481 e. The number of carboxylic acid groups (broad SMARTS) is 1. The molecule has 0 aliphatic heterocycles. The molecule has 0 aliphatic rings. The minimum Gasteiger partial charge on any atom is -0.481 e. The van der Waals surface area contributed by atoms with E-state index in [2.05, 4.69) is 36.5 Å². The van der Waals surface area contributed by atoms with Crippen LogP contribution in [-0.4, -0.2) is 24.2 Å². The summed E-state index contributed by atoms with van der Waals surface area (Å²) in [7, 11) is 0. The molecular formula is C14H21NO2. The second-order valence-corrected chi connectivity index (χ2v) is 4.16. The number of benzene rings is 1. The smallest absolute Gasteiger partial charge is 0.304 e. The summed E-state index contributed by atoms with van der Waals surface area (Å²) >= 11 is 0. The lowest BCUT2D eigenvalue weighted by molar-refractivity contribution is -0.136. The van der Waals surface area contributed by atoms with Crippen LogP contribution in [0.15, 0.2) is 24.3 Å². The molecule has 0 aromatic heterocycles. The molecule has 0 aliphatic carbocycles. The zero-order chi connectivity index (χ0) is 12.5. The molecule has 0 amide bonds. The maximum Gasteiger partial charge on any atom is 0.304 e. The SMILES string of the molecule is CCCc1ccccc1CCNCCC(=O)O. The van der Waals surface area contributed by atoms with Crippen molar-refractivity contribution in [3.63, 3.8) is 0 Å². The maximum atomic E-state index is 10.3. The first-order chi connectivity index (χ1) is 8.24. The van der Waals surface area contributed by atoms with Crippen LogP contribution in [0.3, 0.4) is 0 Å². The van der Waals surface area contributed by atoms with Gasteiger partial charge in [0.1, 0.15) is 0 Å². The van der Waals surface area contributed by atoms with E-state index in [9.17, 15) is 4.79 Å². The molecule has 2 N–H and O–H groups in total. The van der Waals surface area contributed by atoms with Crippen molar-refractivity contribution in [1.82, 2.24) is 5.32 Å². The van der Waals surface area contributed by atoms with Crippen molar-refractivity contribution in [2.45, 2.75) is 32.6 Å². The quantitative estimate of drug-likeness (QED) is 0.679. The van der Waals surface area contributed by atoms with E-state index in [4.69, 9.17) is 5.11 Å². The molecule has 0 atom stereocenters. The average Bonchev–Trinajstić information content (AvgIpc) is 2.31. The van der Waals surface area contributed by atoms with Crippen LogP contribution in [0.5, 0.6) is 0 Å². The van der Waals surface area contributed by atoms with Gasteiger partial charge in [-0.1, -0.05) is 37.6 Å². The Balaban J connectivity index is 2.33. The molecule has 1 aromatic carbocycles. The van der Waals surface area contributed by atoms with Gasteiger partial charge in [-0.25, -0.2) is 0 Å². The summed E-state index contributed by atoms with van der Waals surface area (Å²) < 4.78 is 0. The predicted molar refractivity (Wildman–Crippen MR) is 69.3 cm³/mol. The van der Waals surface area contributed by atoms with Crippen molar-refractivity contribution < 1.29 is 9.90 Å². The topological polar surface area (TPSA) is 49.3 Å². The molecule has 0 saturated carbocycles. The van der Waals surface area contributed by atoms with Gasteiger partial charge in [-0.15, -0.1) is 0 Å². The Labute approximate surface area is 103 Å². The highest BCUT2D eigenvalue weighted by atomic mass is 16.4. The Morgan fingerprint density at radius 3 is 2.41 bits per heavy atom. The van der Waals surface area contributed by atoms with Crippen LogP contribution >= 0.6 is 0 Å². The van der Waals surface area contributed by atoms with Crippen LogP contribution in [0, 0.1) is 0 Å². The van der Waals surface area contributed by atoms with Gasteiger partial charge in [-0.3, -0.25) is 4.79 Å². The number of rotatable bonds is 8. The number of hydrogen-bond acceptors (Lipinski definition) is 2. The molecular weight excluding hydrogens is 214 g/mol. The first-order valence-corrected chi connectivity index (χ1v) is 6.23. The molecule has 17 heavy (non-hydrogen) atoms. The van der Waals surface area contributed by atoms with Gasteiger partial charge < -0.3 is 10.4 Å². The predicted octanol–water partition coefficient (Wildman–Crippen LogP) is 2.25. The van der Waals surface area contributed by atoms with Gasteiger partial charge in [0, 0.05) is 6.54 Å². The number of aryl methyl sites for hydroxylation is 1. The van der Waals surface area contributed by atoms with Crippen LogP contribution in [-0.2, 0) is 17.6 Å². The minimum atomic E-state index is -0.746. The number of carboxylic acids is 1. The van der Waals surface area contributed by atoms with Gasteiger partial charge in [0.2, 0.25) is 0 Å². The van der Waals surface area contributed by atoms with Crippen molar-refractivity contribution in [3.05, 3.63) is 35.4 Å². The van der Waals surface area contributed by atoms with Gasteiger partial charge in [0.05, 0.1) is 6.42 Å². The molecule has 1 aromatic rings. The zero-order valence-electron chi connectivity index (χ0n) is 10.4. The maximum absolute atomic E-state index is 10.3. The zero-order valence-corrected chi connectivity index (χ0v) is 10.4. The molecule has 0 heterocycles. The van der Waals surface area contributed by atoms with Crippen LogP contribution in [0.25, 0.3) is 0 Å². The Morgan fingerprint density at radius 2 is 1.82 bits per heavy atom. The Kier molecular flexibility index (Phi) is 6.33. The lowest BCUT2D eigenvalue weighted by Crippen LogP contribution is -2.21. The first kappa shape index (κ1) is 13.7. The molecule has 0 spiro atoms.